The van der Waals surface area contributed by atoms with Crippen molar-refractivity contribution in [1.29, 1.82) is 0 Å². The lowest BCUT2D eigenvalue weighted by Crippen LogP contribution is -2.36. The van der Waals surface area contributed by atoms with Crippen LogP contribution in [-0.2, 0) is 0 Å². The van der Waals surface area contributed by atoms with Crippen LogP contribution in [-0.4, -0.2) is 41.1 Å². The van der Waals surface area contributed by atoms with Gasteiger partial charge in [0, 0.05) is 12.2 Å². The van der Waals surface area contributed by atoms with Gasteiger partial charge in [-0.15, -0.1) is 0 Å². The van der Waals surface area contributed by atoms with Crippen LogP contribution in [0.25, 0.3) is 0 Å². The van der Waals surface area contributed by atoms with Gasteiger partial charge in [0.05, 0.1) is 18.1 Å². The van der Waals surface area contributed by atoms with Gasteiger partial charge in [0.1, 0.15) is 0 Å². The maximum atomic E-state index is 4.47. The molecule has 1 aliphatic heterocycles. The lowest BCUT2D eigenvalue weighted by atomic mass is 9.92. The van der Waals surface area contributed by atoms with Crippen LogP contribution >= 0.6 is 0 Å². The average Bonchev–Trinajstić information content (AvgIpc) is 3.25. The third kappa shape index (κ3) is 3.49. The van der Waals surface area contributed by atoms with E-state index >= 15 is 0 Å². The van der Waals surface area contributed by atoms with Gasteiger partial charge >= 0.3 is 0 Å². The summed E-state index contributed by atoms with van der Waals surface area (Å²) in [5.74, 6) is 0.707. The molecule has 1 N–H and O–H groups in total. The molecule has 2 aliphatic rings. The second-order valence-electron chi connectivity index (χ2n) is 6.84. The predicted molar refractivity (Wildman–Crippen MR) is 86.4 cm³/mol. The summed E-state index contributed by atoms with van der Waals surface area (Å²) in [7, 11) is 2.30. The van der Waals surface area contributed by atoms with E-state index in [-0.39, 0.29) is 0 Å². The minimum atomic E-state index is 0.528. The second-order valence-corrected chi connectivity index (χ2v) is 6.84. The molecule has 0 bridgehead atoms. The zero-order chi connectivity index (χ0) is 14.7. The maximum Gasteiger partial charge on any atom is 0.0951 e. The van der Waals surface area contributed by atoms with Crippen molar-refractivity contribution in [2.45, 2.75) is 57.5 Å². The molecule has 1 saturated carbocycles. The van der Waals surface area contributed by atoms with E-state index in [4.69, 9.17) is 0 Å². The standard InChI is InChI=1S/C17H30N4/c1-3-9-18-11-14-6-4-5-10-20(2)17(14)16-12-19-13-21(16)15-7-8-15/h12-15,17-18H,3-11H2,1-2H3. The number of aromatic nitrogens is 2. The average molecular weight is 290 g/mol. The smallest absolute Gasteiger partial charge is 0.0951 e. The summed E-state index contributed by atoms with van der Waals surface area (Å²) in [6.45, 7) is 5.73. The maximum absolute atomic E-state index is 4.47. The second kappa shape index (κ2) is 6.93. The first-order chi connectivity index (χ1) is 10.3. The van der Waals surface area contributed by atoms with Crippen LogP contribution < -0.4 is 5.32 Å². The SMILES string of the molecule is CCCNCC1CCCCN(C)C1c1cncn1C1CC1. The third-order valence-electron chi connectivity index (χ3n) is 5.03. The molecular formula is C17H30N4. The first-order valence-electron chi connectivity index (χ1n) is 8.74. The molecule has 118 valence electrons. The Bertz CT molecular complexity index is 438. The van der Waals surface area contributed by atoms with Crippen LogP contribution in [0.15, 0.2) is 12.5 Å². The first kappa shape index (κ1) is 15.0. The Labute approximate surface area is 128 Å². The van der Waals surface area contributed by atoms with E-state index < -0.39 is 0 Å². The van der Waals surface area contributed by atoms with E-state index in [2.05, 4.69) is 46.3 Å². The number of nitrogens with zero attached hydrogens (tertiary/aromatic N) is 3. The fourth-order valence-electron chi connectivity index (χ4n) is 3.77. The van der Waals surface area contributed by atoms with Crippen molar-refractivity contribution in [1.82, 2.24) is 19.8 Å². The highest BCUT2D eigenvalue weighted by molar-refractivity contribution is 5.11. The number of rotatable bonds is 6. The highest BCUT2D eigenvalue weighted by Crippen LogP contribution is 2.40. The van der Waals surface area contributed by atoms with Gasteiger partial charge in [0.25, 0.3) is 0 Å². The van der Waals surface area contributed by atoms with Gasteiger partial charge in [-0.1, -0.05) is 13.3 Å². The first-order valence-corrected chi connectivity index (χ1v) is 8.74. The summed E-state index contributed by atoms with van der Waals surface area (Å²) in [5.41, 5.74) is 1.45. The Hall–Kier alpha value is -0.870. The van der Waals surface area contributed by atoms with Crippen LogP contribution in [0.2, 0.25) is 0 Å². The van der Waals surface area contributed by atoms with E-state index in [1.54, 1.807) is 0 Å². The molecule has 1 aromatic rings. The van der Waals surface area contributed by atoms with Crippen molar-refractivity contribution in [3.8, 4) is 0 Å². The summed E-state index contributed by atoms with van der Waals surface area (Å²) in [6.07, 6.45) is 12.1. The number of likely N-dealkylation sites (tertiary alicyclic amines) is 1. The van der Waals surface area contributed by atoms with Gasteiger partial charge < -0.3 is 9.88 Å². The van der Waals surface area contributed by atoms with Crippen LogP contribution in [0.3, 0.4) is 0 Å². The van der Waals surface area contributed by atoms with E-state index in [1.165, 1.54) is 50.8 Å². The summed E-state index contributed by atoms with van der Waals surface area (Å²) < 4.78 is 2.46. The molecule has 0 radical (unpaired) electrons. The van der Waals surface area contributed by atoms with Crippen molar-refractivity contribution < 1.29 is 0 Å². The van der Waals surface area contributed by atoms with Crippen LogP contribution in [0.1, 0.15) is 63.2 Å². The Morgan fingerprint density at radius 3 is 2.90 bits per heavy atom. The molecule has 2 heterocycles. The Kier molecular flexibility index (Phi) is 4.96. The molecule has 2 atom stereocenters. The van der Waals surface area contributed by atoms with Crippen molar-refractivity contribution >= 4 is 0 Å². The molecule has 3 rings (SSSR count). The third-order valence-corrected chi connectivity index (χ3v) is 5.03. The summed E-state index contributed by atoms with van der Waals surface area (Å²) >= 11 is 0. The van der Waals surface area contributed by atoms with E-state index in [1.807, 2.05) is 0 Å². The normalized spacial score (nSPS) is 27.7. The molecule has 1 aliphatic carbocycles. The Balaban J connectivity index is 1.79. The van der Waals surface area contributed by atoms with Crippen molar-refractivity contribution in [2.75, 3.05) is 26.7 Å². The molecule has 2 fully saturated rings. The van der Waals surface area contributed by atoms with Gasteiger partial charge in [0.2, 0.25) is 0 Å². The zero-order valence-electron chi connectivity index (χ0n) is 13.6. The number of hydrogen-bond acceptors (Lipinski definition) is 3. The van der Waals surface area contributed by atoms with Gasteiger partial charge in [0.15, 0.2) is 0 Å². The summed E-state index contributed by atoms with van der Waals surface area (Å²) in [5, 5.41) is 3.65. The molecule has 4 heteroatoms. The van der Waals surface area contributed by atoms with Crippen molar-refractivity contribution in [3.63, 3.8) is 0 Å². The molecule has 1 aromatic heterocycles. The molecule has 21 heavy (non-hydrogen) atoms. The van der Waals surface area contributed by atoms with Crippen molar-refractivity contribution in [3.05, 3.63) is 18.2 Å². The Morgan fingerprint density at radius 1 is 1.29 bits per heavy atom. The van der Waals surface area contributed by atoms with E-state index in [0.717, 1.165) is 19.1 Å². The monoisotopic (exact) mass is 290 g/mol. The molecule has 0 spiro atoms. The molecule has 4 nitrogen and oxygen atoms in total. The van der Waals surface area contributed by atoms with Gasteiger partial charge in [-0.2, -0.15) is 0 Å². The van der Waals surface area contributed by atoms with Crippen LogP contribution in [0, 0.1) is 5.92 Å². The lowest BCUT2D eigenvalue weighted by molar-refractivity contribution is 0.180. The fourth-order valence-corrected chi connectivity index (χ4v) is 3.77. The number of nitrogens with one attached hydrogen (secondary N) is 1. The molecule has 2 unspecified atom stereocenters. The highest BCUT2D eigenvalue weighted by atomic mass is 15.2. The number of imidazole rings is 1. The van der Waals surface area contributed by atoms with E-state index in [9.17, 15) is 0 Å². The van der Waals surface area contributed by atoms with Crippen LogP contribution in [0.5, 0.6) is 0 Å². The van der Waals surface area contributed by atoms with E-state index in [0.29, 0.717) is 12.0 Å². The molecule has 0 aromatic carbocycles. The minimum Gasteiger partial charge on any atom is -0.330 e. The lowest BCUT2D eigenvalue weighted by Gasteiger charge is -2.33. The predicted octanol–water partition coefficient (Wildman–Crippen LogP) is 2.99. The zero-order valence-corrected chi connectivity index (χ0v) is 13.6. The highest BCUT2D eigenvalue weighted by Gasteiger charge is 2.34. The summed E-state index contributed by atoms with van der Waals surface area (Å²) in [6, 6.07) is 1.25. The minimum absolute atomic E-state index is 0.528. The number of hydrogen-bond donors (Lipinski definition) is 1. The molecule has 0 amide bonds. The van der Waals surface area contributed by atoms with Gasteiger partial charge in [-0.25, -0.2) is 4.98 Å². The fraction of sp³-hybridized carbons (Fsp3) is 0.824. The van der Waals surface area contributed by atoms with Gasteiger partial charge in [-0.3, -0.25) is 4.90 Å². The molecular weight excluding hydrogens is 260 g/mol. The largest absolute Gasteiger partial charge is 0.330 e. The molecule has 1 saturated heterocycles. The van der Waals surface area contributed by atoms with Gasteiger partial charge in [-0.05, 0) is 64.7 Å². The van der Waals surface area contributed by atoms with Crippen molar-refractivity contribution in [2.24, 2.45) is 5.92 Å². The Morgan fingerprint density at radius 2 is 2.14 bits per heavy atom. The summed E-state index contributed by atoms with van der Waals surface area (Å²) in [4.78, 5) is 7.04. The quantitative estimate of drug-likeness (QED) is 0.818. The van der Waals surface area contributed by atoms with Crippen LogP contribution in [0.4, 0.5) is 0 Å². The topological polar surface area (TPSA) is 33.1 Å².